The van der Waals surface area contributed by atoms with Crippen LogP contribution in [0.15, 0.2) is 42.7 Å². The number of fused-ring (bicyclic) bond motifs is 4. The van der Waals surface area contributed by atoms with Crippen LogP contribution in [0, 0.1) is 5.92 Å². The van der Waals surface area contributed by atoms with Crippen molar-refractivity contribution in [2.75, 3.05) is 37.6 Å². The predicted octanol–water partition coefficient (Wildman–Crippen LogP) is 4.69. The van der Waals surface area contributed by atoms with Gasteiger partial charge in [-0.1, -0.05) is 12.1 Å². The van der Waals surface area contributed by atoms with Gasteiger partial charge in [0, 0.05) is 38.1 Å². The zero-order chi connectivity index (χ0) is 23.2. The maximum atomic E-state index is 5.10. The standard InChI is InChI=1S/C29H38N6/c1-2-16-32(15-1)25-12-18-33(19-13-25)27-9-3-8-26-31-24(21-35(26)27)20-34-17-5-7-23-11-10-22-6-4-14-30-28(22)29(23)34/h3-4,6,8-9,14,21,23,25,29H,1-2,5,7,10-13,15-20H2/t23-,29-/m0/s1. The van der Waals surface area contributed by atoms with Gasteiger partial charge in [0.15, 0.2) is 0 Å². The molecule has 184 valence electrons. The summed E-state index contributed by atoms with van der Waals surface area (Å²) in [5.74, 6) is 2.04. The van der Waals surface area contributed by atoms with Gasteiger partial charge in [-0.3, -0.25) is 14.3 Å². The van der Waals surface area contributed by atoms with Gasteiger partial charge in [-0.05, 0) is 101 Å². The Bertz CT molecular complexity index is 1170. The molecule has 0 saturated carbocycles. The smallest absolute Gasteiger partial charge is 0.138 e. The quantitative estimate of drug-likeness (QED) is 0.553. The molecule has 0 aromatic carbocycles. The van der Waals surface area contributed by atoms with E-state index in [9.17, 15) is 0 Å². The summed E-state index contributed by atoms with van der Waals surface area (Å²) < 4.78 is 2.35. The predicted molar refractivity (Wildman–Crippen MR) is 140 cm³/mol. The Labute approximate surface area is 209 Å². The molecule has 6 heterocycles. The van der Waals surface area contributed by atoms with Crippen molar-refractivity contribution in [1.82, 2.24) is 24.2 Å². The molecular formula is C29H38N6. The number of rotatable bonds is 4. The van der Waals surface area contributed by atoms with Gasteiger partial charge in [-0.15, -0.1) is 0 Å². The van der Waals surface area contributed by atoms with Crippen LogP contribution in [0.2, 0.25) is 0 Å². The second-order valence-electron chi connectivity index (χ2n) is 11.2. The summed E-state index contributed by atoms with van der Waals surface area (Å²) in [7, 11) is 0. The lowest BCUT2D eigenvalue weighted by molar-refractivity contribution is 0.0687. The van der Waals surface area contributed by atoms with E-state index >= 15 is 0 Å². The van der Waals surface area contributed by atoms with Crippen molar-refractivity contribution in [3.05, 3.63) is 59.7 Å². The van der Waals surface area contributed by atoms with Crippen LogP contribution in [0.3, 0.4) is 0 Å². The molecule has 3 saturated heterocycles. The lowest BCUT2D eigenvalue weighted by Gasteiger charge is -2.44. The average Bonchev–Trinajstić information content (AvgIpc) is 3.59. The first kappa shape index (κ1) is 21.8. The topological polar surface area (TPSA) is 39.9 Å². The van der Waals surface area contributed by atoms with Crippen LogP contribution in [-0.4, -0.2) is 62.9 Å². The van der Waals surface area contributed by atoms with E-state index in [2.05, 4.69) is 55.6 Å². The van der Waals surface area contributed by atoms with E-state index in [1.54, 1.807) is 0 Å². The van der Waals surface area contributed by atoms with Crippen LogP contribution in [0.5, 0.6) is 0 Å². The van der Waals surface area contributed by atoms with Crippen LogP contribution < -0.4 is 4.90 Å². The molecule has 3 aromatic rings. The van der Waals surface area contributed by atoms with Gasteiger partial charge >= 0.3 is 0 Å². The van der Waals surface area contributed by atoms with Crippen LogP contribution >= 0.6 is 0 Å². The highest BCUT2D eigenvalue weighted by molar-refractivity contribution is 5.53. The van der Waals surface area contributed by atoms with Crippen LogP contribution in [0.25, 0.3) is 5.65 Å². The molecule has 1 aliphatic carbocycles. The summed E-state index contributed by atoms with van der Waals surface area (Å²) in [4.78, 5) is 18.0. The number of hydrogen-bond acceptors (Lipinski definition) is 5. The van der Waals surface area contributed by atoms with Crippen molar-refractivity contribution < 1.29 is 0 Å². The molecule has 0 unspecified atom stereocenters. The third-order valence-electron chi connectivity index (χ3n) is 9.18. The molecule has 2 atom stereocenters. The third-order valence-corrected chi connectivity index (χ3v) is 9.18. The minimum absolute atomic E-state index is 0.447. The zero-order valence-corrected chi connectivity index (χ0v) is 20.9. The maximum absolute atomic E-state index is 5.10. The minimum Gasteiger partial charge on any atom is -0.358 e. The van der Waals surface area contributed by atoms with Gasteiger partial charge in [-0.2, -0.15) is 0 Å². The number of imidazole rings is 1. The largest absolute Gasteiger partial charge is 0.358 e. The molecule has 6 heteroatoms. The summed E-state index contributed by atoms with van der Waals surface area (Å²) in [6.07, 6.45) is 14.7. The Morgan fingerprint density at radius 1 is 0.857 bits per heavy atom. The number of nitrogens with zero attached hydrogens (tertiary/aromatic N) is 6. The molecule has 6 nitrogen and oxygen atoms in total. The van der Waals surface area contributed by atoms with Crippen LogP contribution in [-0.2, 0) is 13.0 Å². The summed E-state index contributed by atoms with van der Waals surface area (Å²) in [6.45, 7) is 6.96. The Hall–Kier alpha value is -2.44. The molecule has 7 rings (SSSR count). The summed E-state index contributed by atoms with van der Waals surface area (Å²) in [5.41, 5.74) is 5.05. The van der Waals surface area contributed by atoms with E-state index < -0.39 is 0 Å². The molecule has 3 aromatic heterocycles. The van der Waals surface area contributed by atoms with Crippen molar-refractivity contribution in [3.8, 4) is 0 Å². The fraction of sp³-hybridized carbons (Fsp3) is 0.586. The van der Waals surface area contributed by atoms with Crippen molar-refractivity contribution in [2.45, 2.75) is 70.0 Å². The number of aryl methyl sites for hydroxylation is 1. The molecule has 0 amide bonds. The first-order valence-electron chi connectivity index (χ1n) is 14.0. The molecule has 4 aliphatic rings. The van der Waals surface area contributed by atoms with E-state index in [0.29, 0.717) is 6.04 Å². The summed E-state index contributed by atoms with van der Waals surface area (Å²) in [5, 5.41) is 0. The highest BCUT2D eigenvalue weighted by Gasteiger charge is 2.37. The summed E-state index contributed by atoms with van der Waals surface area (Å²) in [6, 6.07) is 12.3. The molecule has 0 bridgehead atoms. The third kappa shape index (κ3) is 4.05. The van der Waals surface area contributed by atoms with E-state index in [0.717, 1.165) is 43.8 Å². The van der Waals surface area contributed by atoms with Crippen molar-refractivity contribution in [1.29, 1.82) is 0 Å². The molecule has 35 heavy (non-hydrogen) atoms. The lowest BCUT2D eigenvalue weighted by atomic mass is 9.77. The number of pyridine rings is 2. The first-order chi connectivity index (χ1) is 17.3. The second-order valence-corrected chi connectivity index (χ2v) is 11.2. The van der Waals surface area contributed by atoms with Gasteiger partial charge in [-0.25, -0.2) is 4.98 Å². The highest BCUT2D eigenvalue weighted by atomic mass is 15.3. The second kappa shape index (κ2) is 9.21. The molecule has 3 fully saturated rings. The van der Waals surface area contributed by atoms with Gasteiger partial charge in [0.1, 0.15) is 11.5 Å². The van der Waals surface area contributed by atoms with Crippen LogP contribution in [0.4, 0.5) is 5.82 Å². The van der Waals surface area contributed by atoms with E-state index in [-0.39, 0.29) is 0 Å². The fourth-order valence-corrected chi connectivity index (χ4v) is 7.45. The lowest BCUT2D eigenvalue weighted by Crippen LogP contribution is -2.44. The Morgan fingerprint density at radius 3 is 2.63 bits per heavy atom. The fourth-order valence-electron chi connectivity index (χ4n) is 7.45. The van der Waals surface area contributed by atoms with Gasteiger partial charge in [0.25, 0.3) is 0 Å². The maximum Gasteiger partial charge on any atom is 0.138 e. The first-order valence-corrected chi connectivity index (χ1v) is 14.0. The molecule has 0 spiro atoms. The van der Waals surface area contributed by atoms with Crippen LogP contribution in [0.1, 0.15) is 67.9 Å². The van der Waals surface area contributed by atoms with Crippen molar-refractivity contribution in [3.63, 3.8) is 0 Å². The molecule has 0 radical (unpaired) electrons. The van der Waals surface area contributed by atoms with E-state index in [1.165, 1.54) is 87.2 Å². The van der Waals surface area contributed by atoms with Gasteiger partial charge in [0.05, 0.1) is 17.4 Å². The van der Waals surface area contributed by atoms with E-state index in [4.69, 9.17) is 9.97 Å². The Balaban J connectivity index is 1.11. The van der Waals surface area contributed by atoms with E-state index in [1.807, 2.05) is 6.20 Å². The Morgan fingerprint density at radius 2 is 1.74 bits per heavy atom. The normalized spacial score (nSPS) is 26.2. The number of hydrogen-bond donors (Lipinski definition) is 0. The number of piperidine rings is 2. The van der Waals surface area contributed by atoms with Gasteiger partial charge < -0.3 is 9.80 Å². The number of anilines is 1. The summed E-state index contributed by atoms with van der Waals surface area (Å²) >= 11 is 0. The monoisotopic (exact) mass is 470 g/mol. The minimum atomic E-state index is 0.447. The molecular weight excluding hydrogens is 432 g/mol. The Kier molecular flexibility index (Phi) is 5.74. The SMILES string of the molecule is c1cnc2c(c1)CC[C@@H]1CCCN(Cc3cn4c(N5CCC(N6CCCC6)CC5)cccc4n3)[C@H]21. The molecule has 3 aliphatic heterocycles. The van der Waals surface area contributed by atoms with Crippen molar-refractivity contribution in [2.24, 2.45) is 5.92 Å². The molecule has 0 N–H and O–H groups in total. The highest BCUT2D eigenvalue weighted by Crippen LogP contribution is 2.43. The number of likely N-dealkylation sites (tertiary alicyclic amines) is 2. The van der Waals surface area contributed by atoms with Gasteiger partial charge in [0.2, 0.25) is 0 Å². The average molecular weight is 471 g/mol. The van der Waals surface area contributed by atoms with Crippen molar-refractivity contribution >= 4 is 11.5 Å². The number of aromatic nitrogens is 3. The zero-order valence-electron chi connectivity index (χ0n) is 20.9.